The Kier molecular flexibility index (Phi) is 8.17. The quantitative estimate of drug-likeness (QED) is 0.301. The molecule has 0 saturated carbocycles. The Balaban J connectivity index is 1.75. The van der Waals surface area contributed by atoms with E-state index >= 15 is 0 Å². The van der Waals surface area contributed by atoms with E-state index in [0.29, 0.717) is 11.4 Å². The van der Waals surface area contributed by atoms with E-state index in [1.165, 1.54) is 7.11 Å². The highest BCUT2D eigenvalue weighted by Gasteiger charge is 2.30. The second-order valence-electron chi connectivity index (χ2n) is 9.33. The van der Waals surface area contributed by atoms with E-state index in [4.69, 9.17) is 4.74 Å². The number of sulfonamides is 1. The smallest absolute Gasteiger partial charge is 0.264 e. The molecule has 0 fully saturated rings. The first-order valence-corrected chi connectivity index (χ1v) is 13.8. The number of anilines is 1. The van der Waals surface area contributed by atoms with E-state index in [0.717, 1.165) is 32.1 Å². The van der Waals surface area contributed by atoms with Crippen molar-refractivity contribution in [3.05, 3.63) is 125 Å². The first-order chi connectivity index (χ1) is 18.2. The molecule has 0 aliphatic carbocycles. The van der Waals surface area contributed by atoms with Gasteiger partial charge in [-0.05, 0) is 61.7 Å². The predicted octanol–water partition coefficient (Wildman–Crippen LogP) is 5.72. The van der Waals surface area contributed by atoms with Crippen LogP contribution in [0.15, 0.2) is 102 Å². The lowest BCUT2D eigenvalue weighted by molar-refractivity contribution is -0.120. The molecule has 0 aliphatic heterocycles. The van der Waals surface area contributed by atoms with Crippen LogP contribution in [0.25, 0.3) is 0 Å². The van der Waals surface area contributed by atoms with E-state index in [-0.39, 0.29) is 4.90 Å². The van der Waals surface area contributed by atoms with Gasteiger partial charge in [0.05, 0.1) is 23.7 Å². The minimum absolute atomic E-state index is 0.0951. The first kappa shape index (κ1) is 26.9. The van der Waals surface area contributed by atoms with Crippen molar-refractivity contribution < 1.29 is 17.9 Å². The van der Waals surface area contributed by atoms with Crippen molar-refractivity contribution in [1.82, 2.24) is 5.32 Å². The summed E-state index contributed by atoms with van der Waals surface area (Å²) in [5, 5.41) is 3.08. The second kappa shape index (κ2) is 11.5. The van der Waals surface area contributed by atoms with Crippen LogP contribution in [0.3, 0.4) is 0 Å². The van der Waals surface area contributed by atoms with Crippen molar-refractivity contribution >= 4 is 21.6 Å². The minimum atomic E-state index is -4.09. The van der Waals surface area contributed by atoms with Gasteiger partial charge < -0.3 is 10.1 Å². The maximum absolute atomic E-state index is 13.9. The Bertz CT molecular complexity index is 1520. The van der Waals surface area contributed by atoms with Gasteiger partial charge in [-0.3, -0.25) is 9.10 Å². The monoisotopic (exact) mass is 528 g/mol. The van der Waals surface area contributed by atoms with Gasteiger partial charge in [0, 0.05) is 0 Å². The predicted molar refractivity (Wildman–Crippen MR) is 151 cm³/mol. The van der Waals surface area contributed by atoms with Crippen LogP contribution in [0.1, 0.15) is 33.9 Å². The SMILES string of the molecule is COc1ccc(C)cc1N(CC(=O)NC(c1ccccc1)c1cccc(C)c1)S(=O)(=O)c1ccc(C)cc1. The van der Waals surface area contributed by atoms with E-state index in [1.54, 1.807) is 36.4 Å². The van der Waals surface area contributed by atoms with Crippen LogP contribution in [0.4, 0.5) is 5.69 Å². The Labute approximate surface area is 225 Å². The lowest BCUT2D eigenvalue weighted by atomic mass is 9.97. The van der Waals surface area contributed by atoms with E-state index in [2.05, 4.69) is 5.32 Å². The number of carbonyl (C=O) groups excluding carboxylic acids is 1. The van der Waals surface area contributed by atoms with Crippen molar-refractivity contribution in [1.29, 1.82) is 0 Å². The summed E-state index contributed by atoms with van der Waals surface area (Å²) in [7, 11) is -2.61. The molecular formula is C31H32N2O4S. The fraction of sp³-hybridized carbons (Fsp3) is 0.194. The number of ether oxygens (including phenoxy) is 1. The van der Waals surface area contributed by atoms with Gasteiger partial charge in [-0.1, -0.05) is 83.9 Å². The highest BCUT2D eigenvalue weighted by molar-refractivity contribution is 7.92. The highest BCUT2D eigenvalue weighted by atomic mass is 32.2. The van der Waals surface area contributed by atoms with Crippen LogP contribution in [-0.2, 0) is 14.8 Å². The second-order valence-corrected chi connectivity index (χ2v) is 11.2. The molecule has 0 bridgehead atoms. The van der Waals surface area contributed by atoms with Crippen molar-refractivity contribution in [2.24, 2.45) is 0 Å². The molecule has 0 saturated heterocycles. The number of nitrogens with one attached hydrogen (secondary N) is 1. The molecule has 196 valence electrons. The number of benzene rings is 4. The topological polar surface area (TPSA) is 75.7 Å². The first-order valence-electron chi connectivity index (χ1n) is 12.3. The van der Waals surface area contributed by atoms with Gasteiger partial charge >= 0.3 is 0 Å². The zero-order valence-corrected chi connectivity index (χ0v) is 22.8. The molecule has 0 radical (unpaired) electrons. The van der Waals surface area contributed by atoms with Gasteiger partial charge in [-0.25, -0.2) is 8.42 Å². The Morgan fingerprint density at radius 3 is 2.08 bits per heavy atom. The van der Waals surface area contributed by atoms with Crippen LogP contribution in [-0.4, -0.2) is 28.0 Å². The summed E-state index contributed by atoms with van der Waals surface area (Å²) in [4.78, 5) is 13.7. The molecule has 4 aromatic carbocycles. The third-order valence-corrected chi connectivity index (χ3v) is 8.09. The number of hydrogen-bond acceptors (Lipinski definition) is 4. The van der Waals surface area contributed by atoms with Gasteiger partial charge in [0.25, 0.3) is 10.0 Å². The summed E-state index contributed by atoms with van der Waals surface area (Å²) in [6.07, 6.45) is 0. The van der Waals surface area contributed by atoms with Gasteiger partial charge in [0.2, 0.25) is 5.91 Å². The minimum Gasteiger partial charge on any atom is -0.495 e. The summed E-state index contributed by atoms with van der Waals surface area (Å²) < 4.78 is 34.5. The molecule has 1 amide bonds. The van der Waals surface area contributed by atoms with Gasteiger partial charge in [-0.2, -0.15) is 0 Å². The third kappa shape index (κ3) is 6.06. The van der Waals surface area contributed by atoms with Gasteiger partial charge in [-0.15, -0.1) is 0 Å². The van der Waals surface area contributed by atoms with Crippen molar-refractivity contribution in [2.45, 2.75) is 31.7 Å². The normalized spacial score (nSPS) is 12.0. The van der Waals surface area contributed by atoms with Crippen molar-refractivity contribution in [2.75, 3.05) is 18.0 Å². The molecule has 1 atom stereocenters. The molecule has 0 heterocycles. The highest BCUT2D eigenvalue weighted by Crippen LogP contribution is 2.33. The molecule has 6 nitrogen and oxygen atoms in total. The zero-order valence-electron chi connectivity index (χ0n) is 22.0. The summed E-state index contributed by atoms with van der Waals surface area (Å²) in [6, 6.07) is 28.9. The molecule has 0 spiro atoms. The molecule has 4 rings (SSSR count). The van der Waals surface area contributed by atoms with Crippen LogP contribution in [0, 0.1) is 20.8 Å². The Hall–Kier alpha value is -4.10. The molecule has 0 aromatic heterocycles. The number of nitrogens with zero attached hydrogens (tertiary/aromatic N) is 1. The van der Waals surface area contributed by atoms with E-state index in [9.17, 15) is 13.2 Å². The van der Waals surface area contributed by atoms with E-state index < -0.39 is 28.5 Å². The number of carbonyl (C=O) groups is 1. The number of aryl methyl sites for hydroxylation is 3. The van der Waals surface area contributed by atoms with Crippen molar-refractivity contribution in [3.63, 3.8) is 0 Å². The van der Waals surface area contributed by atoms with Crippen molar-refractivity contribution in [3.8, 4) is 5.75 Å². The summed E-state index contributed by atoms with van der Waals surface area (Å²) >= 11 is 0. The third-order valence-electron chi connectivity index (χ3n) is 6.31. The zero-order chi connectivity index (χ0) is 27.3. The lowest BCUT2D eigenvalue weighted by Gasteiger charge is -2.27. The number of amides is 1. The van der Waals surface area contributed by atoms with Gasteiger partial charge in [0.15, 0.2) is 0 Å². The summed E-state index contributed by atoms with van der Waals surface area (Å²) in [6.45, 7) is 5.32. The molecule has 7 heteroatoms. The standard InChI is InChI=1S/C31H32N2O4S/c1-22-13-16-27(17-14-22)38(35,36)33(28-20-24(3)15-18-29(28)37-4)21-30(34)32-31(25-10-6-5-7-11-25)26-12-8-9-23(2)19-26/h5-20,31H,21H2,1-4H3,(H,32,34). The molecule has 0 aliphatic rings. The lowest BCUT2D eigenvalue weighted by Crippen LogP contribution is -2.42. The van der Waals surface area contributed by atoms with Crippen LogP contribution < -0.4 is 14.4 Å². The van der Waals surface area contributed by atoms with Crippen LogP contribution in [0.2, 0.25) is 0 Å². The largest absolute Gasteiger partial charge is 0.495 e. The fourth-order valence-corrected chi connectivity index (χ4v) is 5.75. The van der Waals surface area contributed by atoms with Crippen LogP contribution >= 0.6 is 0 Å². The number of hydrogen-bond donors (Lipinski definition) is 1. The molecular weight excluding hydrogens is 496 g/mol. The summed E-state index contributed by atoms with van der Waals surface area (Å²) in [5.41, 5.74) is 4.94. The maximum atomic E-state index is 13.9. The molecule has 38 heavy (non-hydrogen) atoms. The average molecular weight is 529 g/mol. The maximum Gasteiger partial charge on any atom is 0.264 e. The molecule has 1 N–H and O–H groups in total. The molecule has 4 aromatic rings. The van der Waals surface area contributed by atoms with Crippen LogP contribution in [0.5, 0.6) is 5.75 Å². The number of rotatable bonds is 9. The van der Waals surface area contributed by atoms with Gasteiger partial charge in [0.1, 0.15) is 12.3 Å². The Morgan fingerprint density at radius 2 is 1.42 bits per heavy atom. The summed E-state index contributed by atoms with van der Waals surface area (Å²) in [5.74, 6) is -0.0861. The molecule has 1 unspecified atom stereocenters. The number of methoxy groups -OCH3 is 1. The average Bonchev–Trinajstić information content (AvgIpc) is 2.91. The fourth-order valence-electron chi connectivity index (χ4n) is 4.32. The van der Waals surface area contributed by atoms with E-state index in [1.807, 2.05) is 81.4 Å². The Morgan fingerprint density at radius 1 is 0.789 bits per heavy atom.